The Morgan fingerprint density at radius 1 is 1.15 bits per heavy atom. The van der Waals surface area contributed by atoms with Crippen molar-refractivity contribution >= 4 is 10.8 Å². The molecule has 3 rings (SSSR count). The van der Waals surface area contributed by atoms with E-state index in [0.29, 0.717) is 6.42 Å². The molecule has 0 fully saturated rings. The highest BCUT2D eigenvalue weighted by atomic mass is 16.5. The SMILES string of the molecule is COc1ccc2ccc(OC)c3c2c1CC[C@@H]3CC#N. The van der Waals surface area contributed by atoms with Gasteiger partial charge in [0.2, 0.25) is 0 Å². The molecule has 0 spiro atoms. The first-order valence-electron chi connectivity index (χ1n) is 6.83. The van der Waals surface area contributed by atoms with E-state index in [1.165, 1.54) is 21.9 Å². The minimum absolute atomic E-state index is 0.248. The number of rotatable bonds is 3. The second kappa shape index (κ2) is 5.05. The van der Waals surface area contributed by atoms with Gasteiger partial charge in [0.25, 0.3) is 0 Å². The van der Waals surface area contributed by atoms with E-state index in [0.717, 1.165) is 24.3 Å². The van der Waals surface area contributed by atoms with Crippen LogP contribution in [0.1, 0.15) is 29.9 Å². The molecule has 2 aromatic carbocycles. The van der Waals surface area contributed by atoms with Gasteiger partial charge in [-0.05, 0) is 35.7 Å². The fraction of sp³-hybridized carbons (Fsp3) is 0.353. The van der Waals surface area contributed by atoms with Crippen LogP contribution in [0.2, 0.25) is 0 Å². The molecule has 0 saturated heterocycles. The normalized spacial score (nSPS) is 16.8. The lowest BCUT2D eigenvalue weighted by molar-refractivity contribution is 0.399. The van der Waals surface area contributed by atoms with Gasteiger partial charge >= 0.3 is 0 Å². The molecule has 0 aliphatic heterocycles. The first-order chi connectivity index (χ1) is 9.80. The van der Waals surface area contributed by atoms with E-state index in [-0.39, 0.29) is 5.92 Å². The third-order valence-corrected chi connectivity index (χ3v) is 4.18. The molecule has 0 heterocycles. The summed E-state index contributed by atoms with van der Waals surface area (Å²) in [5.41, 5.74) is 2.42. The Labute approximate surface area is 118 Å². The van der Waals surface area contributed by atoms with Crippen molar-refractivity contribution in [2.45, 2.75) is 25.2 Å². The quantitative estimate of drug-likeness (QED) is 0.849. The molecule has 20 heavy (non-hydrogen) atoms. The van der Waals surface area contributed by atoms with Crippen LogP contribution in [-0.2, 0) is 6.42 Å². The summed E-state index contributed by atoms with van der Waals surface area (Å²) in [6, 6.07) is 10.5. The number of hydrogen-bond acceptors (Lipinski definition) is 3. The summed E-state index contributed by atoms with van der Waals surface area (Å²) in [4.78, 5) is 0. The number of nitriles is 1. The molecule has 0 saturated carbocycles. The monoisotopic (exact) mass is 267 g/mol. The van der Waals surface area contributed by atoms with Crippen molar-refractivity contribution in [3.8, 4) is 17.6 Å². The van der Waals surface area contributed by atoms with Crippen molar-refractivity contribution in [1.82, 2.24) is 0 Å². The van der Waals surface area contributed by atoms with Gasteiger partial charge < -0.3 is 9.47 Å². The van der Waals surface area contributed by atoms with Crippen LogP contribution >= 0.6 is 0 Å². The first-order valence-corrected chi connectivity index (χ1v) is 6.83. The lowest BCUT2D eigenvalue weighted by atomic mass is 9.79. The van der Waals surface area contributed by atoms with E-state index >= 15 is 0 Å². The van der Waals surface area contributed by atoms with Crippen molar-refractivity contribution in [3.63, 3.8) is 0 Å². The second-order valence-electron chi connectivity index (χ2n) is 5.12. The lowest BCUT2D eigenvalue weighted by Crippen LogP contribution is -2.11. The molecular formula is C17H17NO2. The molecule has 1 aliphatic carbocycles. The number of ether oxygens (including phenoxy) is 2. The number of benzene rings is 2. The summed E-state index contributed by atoms with van der Waals surface area (Å²) >= 11 is 0. The Morgan fingerprint density at radius 3 is 2.50 bits per heavy atom. The standard InChI is InChI=1S/C17H17NO2/c1-19-14-7-4-11-5-8-15(20-2)17-12(9-10-18)3-6-13(14)16(11)17/h4-5,7-8,12H,3,6,9H2,1-2H3/t12-/m1/s1. The molecule has 1 aliphatic rings. The van der Waals surface area contributed by atoms with Crippen molar-refractivity contribution in [1.29, 1.82) is 5.26 Å². The zero-order chi connectivity index (χ0) is 14.1. The van der Waals surface area contributed by atoms with Crippen LogP contribution in [0.3, 0.4) is 0 Å². The van der Waals surface area contributed by atoms with Crippen LogP contribution in [0, 0.1) is 11.3 Å². The van der Waals surface area contributed by atoms with Crippen LogP contribution in [0.5, 0.6) is 11.5 Å². The van der Waals surface area contributed by atoms with Gasteiger partial charge in [0.15, 0.2) is 0 Å². The van der Waals surface area contributed by atoms with E-state index in [1.54, 1.807) is 14.2 Å². The van der Waals surface area contributed by atoms with Gasteiger partial charge in [-0.1, -0.05) is 12.1 Å². The van der Waals surface area contributed by atoms with Crippen LogP contribution in [0.4, 0.5) is 0 Å². The lowest BCUT2D eigenvalue weighted by Gasteiger charge is -2.27. The van der Waals surface area contributed by atoms with Gasteiger partial charge in [-0.3, -0.25) is 0 Å². The van der Waals surface area contributed by atoms with Crippen molar-refractivity contribution in [2.75, 3.05) is 14.2 Å². The Morgan fingerprint density at radius 2 is 1.85 bits per heavy atom. The third-order valence-electron chi connectivity index (χ3n) is 4.18. The van der Waals surface area contributed by atoms with Crippen molar-refractivity contribution < 1.29 is 9.47 Å². The summed E-state index contributed by atoms with van der Waals surface area (Å²) < 4.78 is 11.0. The largest absolute Gasteiger partial charge is 0.496 e. The van der Waals surface area contributed by atoms with Crippen LogP contribution in [0.25, 0.3) is 10.8 Å². The maximum atomic E-state index is 9.07. The van der Waals surface area contributed by atoms with E-state index in [9.17, 15) is 0 Å². The Balaban J connectivity index is 2.35. The molecule has 1 atom stereocenters. The molecule has 0 amide bonds. The molecule has 3 heteroatoms. The van der Waals surface area contributed by atoms with Crippen LogP contribution in [0.15, 0.2) is 24.3 Å². The predicted molar refractivity (Wildman–Crippen MR) is 78.3 cm³/mol. The number of nitrogens with zero attached hydrogens (tertiary/aromatic N) is 1. The number of methoxy groups -OCH3 is 2. The van der Waals surface area contributed by atoms with E-state index in [4.69, 9.17) is 14.7 Å². The third kappa shape index (κ3) is 1.80. The summed E-state index contributed by atoms with van der Waals surface area (Å²) in [6.07, 6.45) is 2.45. The average Bonchev–Trinajstić information content (AvgIpc) is 2.50. The molecule has 102 valence electrons. The summed E-state index contributed by atoms with van der Waals surface area (Å²) in [7, 11) is 3.40. The maximum absolute atomic E-state index is 9.07. The highest BCUT2D eigenvalue weighted by Gasteiger charge is 2.27. The van der Waals surface area contributed by atoms with E-state index in [1.807, 2.05) is 12.1 Å². The van der Waals surface area contributed by atoms with E-state index in [2.05, 4.69) is 18.2 Å². The fourth-order valence-corrected chi connectivity index (χ4v) is 3.28. The van der Waals surface area contributed by atoms with Gasteiger partial charge in [0, 0.05) is 23.5 Å². The zero-order valence-electron chi connectivity index (χ0n) is 11.8. The molecule has 0 bridgehead atoms. The molecule has 0 unspecified atom stereocenters. The summed E-state index contributed by atoms with van der Waals surface area (Å²) in [5.74, 6) is 2.06. The first kappa shape index (κ1) is 12.8. The summed E-state index contributed by atoms with van der Waals surface area (Å²) in [5, 5.41) is 11.5. The van der Waals surface area contributed by atoms with Crippen molar-refractivity contribution in [2.24, 2.45) is 0 Å². The van der Waals surface area contributed by atoms with Gasteiger partial charge in [0.1, 0.15) is 11.5 Å². The van der Waals surface area contributed by atoms with Gasteiger partial charge in [-0.15, -0.1) is 0 Å². The van der Waals surface area contributed by atoms with E-state index < -0.39 is 0 Å². The Kier molecular flexibility index (Phi) is 3.23. The highest BCUT2D eigenvalue weighted by Crippen LogP contribution is 2.45. The molecule has 0 aromatic heterocycles. The van der Waals surface area contributed by atoms with Gasteiger partial charge in [-0.2, -0.15) is 5.26 Å². The fourth-order valence-electron chi connectivity index (χ4n) is 3.28. The topological polar surface area (TPSA) is 42.2 Å². The highest BCUT2D eigenvalue weighted by molar-refractivity contribution is 5.93. The number of hydrogen-bond donors (Lipinski definition) is 0. The van der Waals surface area contributed by atoms with Crippen molar-refractivity contribution in [3.05, 3.63) is 35.4 Å². The minimum Gasteiger partial charge on any atom is -0.496 e. The molecule has 3 nitrogen and oxygen atoms in total. The average molecular weight is 267 g/mol. The Bertz CT molecular complexity index is 695. The predicted octanol–water partition coefficient (Wildman–Crippen LogP) is 3.80. The zero-order valence-corrected chi connectivity index (χ0v) is 11.8. The second-order valence-corrected chi connectivity index (χ2v) is 5.12. The minimum atomic E-state index is 0.248. The maximum Gasteiger partial charge on any atom is 0.123 e. The van der Waals surface area contributed by atoms with Crippen LogP contribution < -0.4 is 9.47 Å². The van der Waals surface area contributed by atoms with Crippen LogP contribution in [-0.4, -0.2) is 14.2 Å². The molecule has 0 radical (unpaired) electrons. The summed E-state index contributed by atoms with van der Waals surface area (Å²) in [6.45, 7) is 0. The molecular weight excluding hydrogens is 250 g/mol. The molecule has 2 aromatic rings. The smallest absolute Gasteiger partial charge is 0.123 e. The van der Waals surface area contributed by atoms with Gasteiger partial charge in [0.05, 0.1) is 20.3 Å². The van der Waals surface area contributed by atoms with Gasteiger partial charge in [-0.25, -0.2) is 0 Å². The molecule has 0 N–H and O–H groups in total. The Hall–Kier alpha value is -2.21. The number of aryl methyl sites for hydroxylation is 1.